The van der Waals surface area contributed by atoms with Crippen LogP contribution in [-0.2, 0) is 4.84 Å². The Morgan fingerprint density at radius 1 is 1.25 bits per heavy atom. The summed E-state index contributed by atoms with van der Waals surface area (Å²) in [6.07, 6.45) is 5.72. The molecule has 0 bridgehead atoms. The summed E-state index contributed by atoms with van der Waals surface area (Å²) in [5, 5.41) is 2.04. The fourth-order valence-electron chi connectivity index (χ4n) is 2.67. The Balaban J connectivity index is 1.97. The lowest BCUT2D eigenvalue weighted by Crippen LogP contribution is -2.26. The first-order valence-corrected chi connectivity index (χ1v) is 7.15. The molecule has 2 heterocycles. The van der Waals surface area contributed by atoms with Gasteiger partial charge in [0.1, 0.15) is 0 Å². The monoisotopic (exact) mass is 268 g/mol. The number of pyridine rings is 1. The summed E-state index contributed by atoms with van der Waals surface area (Å²) in [6.45, 7) is 4.36. The van der Waals surface area contributed by atoms with E-state index in [1.165, 1.54) is 5.56 Å². The standard InChI is InChI=1S/C17H20N2O/c1-3-17(2)12-16(14-8-7-11-18-13-14)19(20-17)15-9-5-4-6-10-15/h4-11,13,16H,3,12H2,1-2H3. The van der Waals surface area contributed by atoms with Crippen LogP contribution in [-0.4, -0.2) is 10.6 Å². The van der Waals surface area contributed by atoms with Crippen molar-refractivity contribution < 1.29 is 4.84 Å². The highest BCUT2D eigenvalue weighted by Crippen LogP contribution is 2.44. The van der Waals surface area contributed by atoms with Gasteiger partial charge < -0.3 is 0 Å². The molecule has 1 aliphatic rings. The van der Waals surface area contributed by atoms with Gasteiger partial charge in [-0.1, -0.05) is 31.2 Å². The van der Waals surface area contributed by atoms with Crippen LogP contribution in [0.3, 0.4) is 0 Å². The Morgan fingerprint density at radius 3 is 2.70 bits per heavy atom. The first kappa shape index (κ1) is 13.1. The minimum Gasteiger partial charge on any atom is -0.266 e. The largest absolute Gasteiger partial charge is 0.266 e. The molecule has 2 atom stereocenters. The summed E-state index contributed by atoms with van der Waals surface area (Å²) < 4.78 is 0. The molecule has 1 aliphatic heterocycles. The Morgan fingerprint density at radius 2 is 2.05 bits per heavy atom. The van der Waals surface area contributed by atoms with E-state index in [0.717, 1.165) is 18.5 Å². The van der Waals surface area contributed by atoms with Crippen LogP contribution in [0.2, 0.25) is 0 Å². The minimum absolute atomic E-state index is 0.115. The highest BCUT2D eigenvalue weighted by atomic mass is 16.7. The van der Waals surface area contributed by atoms with Crippen molar-refractivity contribution >= 4 is 5.69 Å². The van der Waals surface area contributed by atoms with Crippen molar-refractivity contribution in [1.29, 1.82) is 0 Å². The Bertz CT molecular complexity index is 508. The summed E-state index contributed by atoms with van der Waals surface area (Å²) in [7, 11) is 0. The third-order valence-corrected chi connectivity index (χ3v) is 4.05. The average Bonchev–Trinajstić information content (AvgIpc) is 2.88. The van der Waals surface area contributed by atoms with E-state index in [4.69, 9.17) is 4.84 Å². The van der Waals surface area contributed by atoms with Gasteiger partial charge in [-0.2, -0.15) is 0 Å². The molecule has 1 saturated heterocycles. The molecule has 1 fully saturated rings. The van der Waals surface area contributed by atoms with Gasteiger partial charge in [0.25, 0.3) is 0 Å². The van der Waals surface area contributed by atoms with Gasteiger partial charge >= 0.3 is 0 Å². The molecular formula is C17H20N2O. The van der Waals surface area contributed by atoms with Crippen molar-refractivity contribution in [2.24, 2.45) is 0 Å². The second-order valence-electron chi connectivity index (χ2n) is 5.56. The average molecular weight is 268 g/mol. The molecule has 0 amide bonds. The van der Waals surface area contributed by atoms with E-state index in [1.807, 2.05) is 41.7 Å². The molecule has 1 aromatic carbocycles. The first-order chi connectivity index (χ1) is 9.72. The van der Waals surface area contributed by atoms with Gasteiger partial charge in [0.15, 0.2) is 0 Å². The van der Waals surface area contributed by atoms with Crippen LogP contribution in [0.1, 0.15) is 38.3 Å². The zero-order valence-corrected chi connectivity index (χ0v) is 12.0. The molecule has 0 saturated carbocycles. The van der Waals surface area contributed by atoms with E-state index in [2.05, 4.69) is 37.0 Å². The van der Waals surface area contributed by atoms with Crippen molar-refractivity contribution in [2.75, 3.05) is 5.06 Å². The normalized spacial score (nSPS) is 25.9. The highest BCUT2D eigenvalue weighted by Gasteiger charge is 2.42. The molecule has 3 heteroatoms. The van der Waals surface area contributed by atoms with E-state index < -0.39 is 0 Å². The number of hydrogen-bond donors (Lipinski definition) is 0. The SMILES string of the molecule is CCC1(C)CC(c2cccnc2)N(c2ccccc2)O1. The van der Waals surface area contributed by atoms with Crippen LogP contribution in [0, 0.1) is 0 Å². The summed E-state index contributed by atoms with van der Waals surface area (Å²) in [4.78, 5) is 10.5. The number of benzene rings is 1. The van der Waals surface area contributed by atoms with Crippen LogP contribution in [0.15, 0.2) is 54.9 Å². The molecule has 0 N–H and O–H groups in total. The molecule has 20 heavy (non-hydrogen) atoms. The zero-order chi connectivity index (χ0) is 14.0. The minimum atomic E-state index is -0.115. The summed E-state index contributed by atoms with van der Waals surface area (Å²) in [6, 6.07) is 14.6. The number of nitrogens with zero attached hydrogens (tertiary/aromatic N) is 2. The van der Waals surface area contributed by atoms with E-state index in [1.54, 1.807) is 0 Å². The Kier molecular flexibility index (Phi) is 3.45. The summed E-state index contributed by atoms with van der Waals surface area (Å²) >= 11 is 0. The second-order valence-corrected chi connectivity index (χ2v) is 5.56. The number of anilines is 1. The van der Waals surface area contributed by atoms with Crippen molar-refractivity contribution in [2.45, 2.75) is 38.3 Å². The highest BCUT2D eigenvalue weighted by molar-refractivity contribution is 5.47. The fraction of sp³-hybridized carbons (Fsp3) is 0.353. The molecule has 0 aliphatic carbocycles. The second kappa shape index (κ2) is 5.25. The van der Waals surface area contributed by atoms with Gasteiger partial charge in [0, 0.05) is 18.8 Å². The number of para-hydroxylation sites is 1. The van der Waals surface area contributed by atoms with Gasteiger partial charge in [0.05, 0.1) is 17.3 Å². The summed E-state index contributed by atoms with van der Waals surface area (Å²) in [5.74, 6) is 0. The van der Waals surface area contributed by atoms with Crippen molar-refractivity contribution in [1.82, 2.24) is 4.98 Å². The Labute approximate surface area is 120 Å². The molecule has 1 aromatic heterocycles. The molecule has 3 rings (SSSR count). The van der Waals surface area contributed by atoms with Gasteiger partial charge in [0.2, 0.25) is 0 Å². The molecule has 0 spiro atoms. The molecular weight excluding hydrogens is 248 g/mol. The van der Waals surface area contributed by atoms with E-state index in [9.17, 15) is 0 Å². The van der Waals surface area contributed by atoms with Crippen LogP contribution < -0.4 is 5.06 Å². The van der Waals surface area contributed by atoms with Crippen LogP contribution in [0.5, 0.6) is 0 Å². The maximum atomic E-state index is 6.26. The lowest BCUT2D eigenvalue weighted by molar-refractivity contribution is -0.00152. The van der Waals surface area contributed by atoms with Crippen molar-refractivity contribution in [3.8, 4) is 0 Å². The molecule has 104 valence electrons. The fourth-order valence-corrected chi connectivity index (χ4v) is 2.67. The van der Waals surface area contributed by atoms with Crippen LogP contribution in [0.4, 0.5) is 5.69 Å². The zero-order valence-electron chi connectivity index (χ0n) is 12.0. The maximum Gasteiger partial charge on any atom is 0.0956 e. The van der Waals surface area contributed by atoms with Crippen molar-refractivity contribution in [3.63, 3.8) is 0 Å². The molecule has 3 nitrogen and oxygen atoms in total. The maximum absolute atomic E-state index is 6.26. The summed E-state index contributed by atoms with van der Waals surface area (Å²) in [5.41, 5.74) is 2.18. The smallest absolute Gasteiger partial charge is 0.0956 e. The van der Waals surface area contributed by atoms with Gasteiger partial charge in [-0.25, -0.2) is 5.06 Å². The predicted octanol–water partition coefficient (Wildman–Crippen LogP) is 4.13. The molecule has 2 unspecified atom stereocenters. The number of aromatic nitrogens is 1. The predicted molar refractivity (Wildman–Crippen MR) is 80.3 cm³/mol. The number of rotatable bonds is 3. The third kappa shape index (κ3) is 2.41. The van der Waals surface area contributed by atoms with Crippen LogP contribution >= 0.6 is 0 Å². The quantitative estimate of drug-likeness (QED) is 0.836. The first-order valence-electron chi connectivity index (χ1n) is 7.15. The van der Waals surface area contributed by atoms with E-state index in [-0.39, 0.29) is 11.6 Å². The van der Waals surface area contributed by atoms with Gasteiger partial charge in [-0.3, -0.25) is 9.82 Å². The third-order valence-electron chi connectivity index (χ3n) is 4.05. The van der Waals surface area contributed by atoms with Crippen molar-refractivity contribution in [3.05, 3.63) is 60.4 Å². The Hall–Kier alpha value is -1.87. The van der Waals surface area contributed by atoms with Crippen LogP contribution in [0.25, 0.3) is 0 Å². The van der Waals surface area contributed by atoms with E-state index in [0.29, 0.717) is 0 Å². The lowest BCUT2D eigenvalue weighted by atomic mass is 9.92. The number of hydrogen-bond acceptors (Lipinski definition) is 3. The topological polar surface area (TPSA) is 25.4 Å². The van der Waals surface area contributed by atoms with E-state index >= 15 is 0 Å². The van der Waals surface area contributed by atoms with Gasteiger partial charge in [-0.15, -0.1) is 0 Å². The molecule has 2 aromatic rings. The number of hydroxylamine groups is 1. The molecule has 0 radical (unpaired) electrons. The van der Waals surface area contributed by atoms with Gasteiger partial charge in [-0.05, 0) is 37.1 Å². The lowest BCUT2D eigenvalue weighted by Gasteiger charge is -2.26.